The summed E-state index contributed by atoms with van der Waals surface area (Å²) in [5, 5.41) is 1.35. The van der Waals surface area contributed by atoms with Gasteiger partial charge in [-0.25, -0.2) is 4.98 Å². The van der Waals surface area contributed by atoms with Gasteiger partial charge in [-0.1, -0.05) is 36.5 Å². The molecule has 4 rings (SSSR count). The first kappa shape index (κ1) is 25.4. The van der Waals surface area contributed by atoms with E-state index in [9.17, 15) is 4.79 Å². The number of rotatable bonds is 9. The Kier molecular flexibility index (Phi) is 8.58. The van der Waals surface area contributed by atoms with Gasteiger partial charge < -0.3 is 18.9 Å². The van der Waals surface area contributed by atoms with Gasteiger partial charge in [0.2, 0.25) is 0 Å². The molecular weight excluding hydrogens is 485 g/mol. The van der Waals surface area contributed by atoms with E-state index in [2.05, 4.69) is 16.5 Å². The van der Waals surface area contributed by atoms with Crippen molar-refractivity contribution in [2.24, 2.45) is 0 Å². The number of aromatic nitrogens is 2. The van der Waals surface area contributed by atoms with Crippen molar-refractivity contribution in [1.29, 1.82) is 0 Å². The summed E-state index contributed by atoms with van der Waals surface area (Å²) < 4.78 is 13.4. The quantitative estimate of drug-likeness (QED) is 0.307. The molecule has 1 fully saturated rings. The van der Waals surface area contributed by atoms with Gasteiger partial charge in [0.15, 0.2) is 11.5 Å². The molecule has 186 valence electrons. The van der Waals surface area contributed by atoms with Crippen LogP contribution in [-0.2, 0) is 6.54 Å². The number of benzene rings is 2. The van der Waals surface area contributed by atoms with Gasteiger partial charge in [-0.2, -0.15) is 0 Å². The third-order valence-corrected chi connectivity index (χ3v) is 7.01. The number of amides is 1. The number of hydrogen-bond acceptors (Lipinski definition) is 4. The summed E-state index contributed by atoms with van der Waals surface area (Å²) in [6.07, 6.45) is 7.49. The molecule has 1 aliphatic rings. The number of imidazole rings is 1. The number of ether oxygens (including phenoxy) is 2. The summed E-state index contributed by atoms with van der Waals surface area (Å²) in [7, 11) is 1.61. The number of methoxy groups -OCH3 is 1. The number of likely N-dealkylation sites (tertiary alicyclic amines) is 1. The molecule has 0 unspecified atom stereocenters. The second-order valence-corrected chi connectivity index (χ2v) is 9.63. The lowest BCUT2D eigenvalue weighted by atomic mass is 9.95. The molecule has 35 heavy (non-hydrogen) atoms. The lowest BCUT2D eigenvalue weighted by molar-refractivity contribution is 0.0710. The van der Waals surface area contributed by atoms with Gasteiger partial charge in [-0.3, -0.25) is 4.79 Å². The van der Waals surface area contributed by atoms with E-state index >= 15 is 0 Å². The first-order valence-corrected chi connectivity index (χ1v) is 12.8. The summed E-state index contributed by atoms with van der Waals surface area (Å²) in [6, 6.07) is 10.9. The van der Waals surface area contributed by atoms with Crippen LogP contribution in [0.5, 0.6) is 11.5 Å². The Labute approximate surface area is 216 Å². The molecule has 6 nitrogen and oxygen atoms in total. The summed E-state index contributed by atoms with van der Waals surface area (Å²) >= 11 is 12.5. The van der Waals surface area contributed by atoms with Crippen molar-refractivity contribution >= 4 is 29.1 Å². The van der Waals surface area contributed by atoms with Gasteiger partial charge in [-0.15, -0.1) is 0 Å². The van der Waals surface area contributed by atoms with Crippen molar-refractivity contribution in [3.05, 3.63) is 75.8 Å². The zero-order valence-electron chi connectivity index (χ0n) is 20.2. The van der Waals surface area contributed by atoms with E-state index in [1.165, 1.54) is 0 Å². The fourth-order valence-corrected chi connectivity index (χ4v) is 4.81. The number of hydrogen-bond donors (Lipinski definition) is 0. The molecule has 1 aliphatic heterocycles. The van der Waals surface area contributed by atoms with Gasteiger partial charge in [0.25, 0.3) is 5.91 Å². The van der Waals surface area contributed by atoms with E-state index in [4.69, 9.17) is 32.7 Å². The molecular formula is C27H31Cl2N3O3. The number of piperidine rings is 1. The smallest absolute Gasteiger partial charge is 0.253 e. The molecule has 0 radical (unpaired) electrons. The van der Waals surface area contributed by atoms with Gasteiger partial charge in [0.05, 0.1) is 20.3 Å². The minimum Gasteiger partial charge on any atom is -0.493 e. The van der Waals surface area contributed by atoms with Crippen molar-refractivity contribution in [3.8, 4) is 11.5 Å². The second kappa shape index (κ2) is 11.8. The minimum atomic E-state index is 0.0143. The molecule has 0 bridgehead atoms. The van der Waals surface area contributed by atoms with Gasteiger partial charge in [0, 0.05) is 47.0 Å². The summed E-state index contributed by atoms with van der Waals surface area (Å²) in [6.45, 7) is 4.67. The lowest BCUT2D eigenvalue weighted by Gasteiger charge is -2.32. The number of carbonyl (C=O) groups is 1. The van der Waals surface area contributed by atoms with Crippen LogP contribution in [0.3, 0.4) is 0 Å². The normalized spacial score (nSPS) is 14.2. The van der Waals surface area contributed by atoms with Crippen LogP contribution >= 0.6 is 23.2 Å². The Hall–Kier alpha value is -2.70. The molecule has 2 aromatic carbocycles. The Morgan fingerprint density at radius 2 is 1.91 bits per heavy atom. The Bertz CT molecular complexity index is 1160. The van der Waals surface area contributed by atoms with Crippen LogP contribution in [0.15, 0.2) is 48.8 Å². The topological polar surface area (TPSA) is 56.6 Å². The highest BCUT2D eigenvalue weighted by Crippen LogP contribution is 2.32. The zero-order valence-corrected chi connectivity index (χ0v) is 21.7. The molecule has 0 aliphatic carbocycles. The maximum atomic E-state index is 13.2. The van der Waals surface area contributed by atoms with Crippen molar-refractivity contribution < 1.29 is 14.3 Å². The molecule has 1 amide bonds. The molecule has 2 heterocycles. The molecule has 1 saturated heterocycles. The van der Waals surface area contributed by atoms with Crippen LogP contribution in [-0.4, -0.2) is 47.2 Å². The van der Waals surface area contributed by atoms with E-state index in [0.29, 0.717) is 53.3 Å². The standard InChI is InChI=1S/C27H31Cl2N3O3/c1-3-4-15-35-25-17-20(5-8-24(25)34-2)27(33)31-12-9-19(10-13-31)26-30-11-14-32(26)18-21-16-22(28)6-7-23(21)29/h5-8,11,14,16-17,19H,3-4,9-10,12-13,15,18H2,1-2H3. The number of unbranched alkanes of at least 4 members (excludes halogenated alkanes) is 1. The van der Waals surface area contributed by atoms with Crippen molar-refractivity contribution in [2.75, 3.05) is 26.8 Å². The van der Waals surface area contributed by atoms with Crippen LogP contribution < -0.4 is 9.47 Å². The third kappa shape index (κ3) is 6.11. The Morgan fingerprint density at radius 3 is 2.66 bits per heavy atom. The van der Waals surface area contributed by atoms with Crippen LogP contribution in [0.1, 0.15) is 60.3 Å². The highest BCUT2D eigenvalue weighted by atomic mass is 35.5. The highest BCUT2D eigenvalue weighted by molar-refractivity contribution is 6.33. The van der Waals surface area contributed by atoms with Crippen LogP contribution in [0.25, 0.3) is 0 Å². The molecule has 0 N–H and O–H groups in total. The van der Waals surface area contributed by atoms with E-state index in [1.807, 2.05) is 29.4 Å². The SMILES string of the molecule is CCCCOc1cc(C(=O)N2CCC(c3nccn3Cc3cc(Cl)ccc3Cl)CC2)ccc1OC. The first-order valence-electron chi connectivity index (χ1n) is 12.0. The van der Waals surface area contributed by atoms with Crippen LogP contribution in [0.4, 0.5) is 0 Å². The molecule has 1 aromatic heterocycles. The van der Waals surface area contributed by atoms with E-state index in [1.54, 1.807) is 31.4 Å². The van der Waals surface area contributed by atoms with Crippen LogP contribution in [0, 0.1) is 0 Å². The van der Waals surface area contributed by atoms with E-state index in [-0.39, 0.29) is 11.8 Å². The van der Waals surface area contributed by atoms with E-state index < -0.39 is 0 Å². The largest absolute Gasteiger partial charge is 0.493 e. The van der Waals surface area contributed by atoms with Gasteiger partial charge in [0.1, 0.15) is 5.82 Å². The Balaban J connectivity index is 1.41. The van der Waals surface area contributed by atoms with Crippen molar-refractivity contribution in [2.45, 2.75) is 45.1 Å². The lowest BCUT2D eigenvalue weighted by Crippen LogP contribution is -2.38. The molecule has 8 heteroatoms. The average molecular weight is 516 g/mol. The number of carbonyl (C=O) groups excluding carboxylic acids is 1. The molecule has 3 aromatic rings. The number of nitrogens with zero attached hydrogens (tertiary/aromatic N) is 3. The predicted molar refractivity (Wildman–Crippen MR) is 139 cm³/mol. The van der Waals surface area contributed by atoms with Crippen molar-refractivity contribution in [3.63, 3.8) is 0 Å². The first-order chi connectivity index (χ1) is 17.0. The summed E-state index contributed by atoms with van der Waals surface area (Å²) in [4.78, 5) is 19.8. The minimum absolute atomic E-state index is 0.0143. The van der Waals surface area contributed by atoms with Crippen molar-refractivity contribution in [1.82, 2.24) is 14.5 Å². The molecule has 0 atom stereocenters. The summed E-state index contributed by atoms with van der Waals surface area (Å²) in [5.74, 6) is 2.56. The summed E-state index contributed by atoms with van der Waals surface area (Å²) in [5.41, 5.74) is 1.58. The third-order valence-electron chi connectivity index (χ3n) is 6.41. The highest BCUT2D eigenvalue weighted by Gasteiger charge is 2.27. The Morgan fingerprint density at radius 1 is 1.11 bits per heavy atom. The maximum absolute atomic E-state index is 13.2. The number of halogens is 2. The van der Waals surface area contributed by atoms with Gasteiger partial charge in [-0.05, 0) is 61.2 Å². The fourth-order valence-electron chi connectivity index (χ4n) is 4.43. The van der Waals surface area contributed by atoms with E-state index in [0.717, 1.165) is 37.1 Å². The predicted octanol–water partition coefficient (Wildman–Crippen LogP) is 6.45. The fraction of sp³-hybridized carbons (Fsp3) is 0.407. The second-order valence-electron chi connectivity index (χ2n) is 8.78. The van der Waals surface area contributed by atoms with Gasteiger partial charge >= 0.3 is 0 Å². The monoisotopic (exact) mass is 515 g/mol. The molecule has 0 saturated carbocycles. The zero-order chi connectivity index (χ0) is 24.8. The average Bonchev–Trinajstić information content (AvgIpc) is 3.34. The van der Waals surface area contributed by atoms with Crippen LogP contribution in [0.2, 0.25) is 10.0 Å². The molecule has 0 spiro atoms. The maximum Gasteiger partial charge on any atom is 0.253 e.